The van der Waals surface area contributed by atoms with Crippen LogP contribution in [-0.4, -0.2) is 39.7 Å². The van der Waals surface area contributed by atoms with Gasteiger partial charge in [0.05, 0.1) is 18.5 Å². The highest BCUT2D eigenvalue weighted by Gasteiger charge is 2.19. The van der Waals surface area contributed by atoms with Crippen molar-refractivity contribution in [3.8, 4) is 17.1 Å². The lowest BCUT2D eigenvalue weighted by Gasteiger charge is -2.20. The van der Waals surface area contributed by atoms with Crippen molar-refractivity contribution in [2.75, 3.05) is 17.7 Å². The number of pyridine rings is 1. The number of anilines is 2. The van der Waals surface area contributed by atoms with E-state index in [0.717, 1.165) is 0 Å². The zero-order chi connectivity index (χ0) is 20.2. The lowest BCUT2D eigenvalue weighted by molar-refractivity contribution is -0.114. The summed E-state index contributed by atoms with van der Waals surface area (Å²) in [6.45, 7) is 8.39. The summed E-state index contributed by atoms with van der Waals surface area (Å²) in [5.74, 6) is 0.887. The zero-order valence-corrected chi connectivity index (χ0v) is 16.2. The van der Waals surface area contributed by atoms with Gasteiger partial charge in [0.15, 0.2) is 0 Å². The summed E-state index contributed by atoms with van der Waals surface area (Å²) >= 11 is 0. The molecule has 0 aliphatic heterocycles. The fourth-order valence-electron chi connectivity index (χ4n) is 2.21. The van der Waals surface area contributed by atoms with Crippen LogP contribution in [0.3, 0.4) is 0 Å². The van der Waals surface area contributed by atoms with Gasteiger partial charge in [-0.15, -0.1) is 0 Å². The predicted octanol–water partition coefficient (Wildman–Crippen LogP) is 3.16. The number of nitrogens with one attached hydrogen (secondary N) is 2. The number of hydrogen-bond donors (Lipinski definition) is 2. The molecule has 2 N–H and O–H groups in total. The monoisotopic (exact) mass is 373 g/mol. The van der Waals surface area contributed by atoms with Crippen molar-refractivity contribution < 1.29 is 19.1 Å². The van der Waals surface area contributed by atoms with Gasteiger partial charge in [0.1, 0.15) is 17.2 Å². The van der Waals surface area contributed by atoms with Gasteiger partial charge in [-0.1, -0.05) is 0 Å². The van der Waals surface area contributed by atoms with E-state index in [-0.39, 0.29) is 11.7 Å². The van der Waals surface area contributed by atoms with Crippen molar-refractivity contribution in [3.05, 3.63) is 24.2 Å². The first kappa shape index (κ1) is 20.1. The molecule has 0 aliphatic rings. The summed E-state index contributed by atoms with van der Waals surface area (Å²) in [4.78, 5) is 36.3. The molecule has 0 unspecified atom stereocenters. The number of rotatable bonds is 4. The summed E-state index contributed by atoms with van der Waals surface area (Å²) in [7, 11) is 1.50. The van der Waals surface area contributed by atoms with E-state index < -0.39 is 11.7 Å². The number of amides is 2. The molecule has 9 heteroatoms. The molecule has 0 saturated carbocycles. The lowest BCUT2D eigenvalue weighted by Crippen LogP contribution is -2.27. The zero-order valence-electron chi connectivity index (χ0n) is 16.2. The Hall–Kier alpha value is -3.23. The smallest absolute Gasteiger partial charge is 0.412 e. The van der Waals surface area contributed by atoms with Gasteiger partial charge in [-0.25, -0.2) is 14.8 Å². The number of carbonyl (C=O) groups excluding carboxylic acids is 2. The molecular formula is C18H23N5O4. The average molecular weight is 373 g/mol. The first-order chi connectivity index (χ1) is 12.6. The molecule has 27 heavy (non-hydrogen) atoms. The Morgan fingerprint density at radius 2 is 1.81 bits per heavy atom. The Morgan fingerprint density at radius 3 is 2.41 bits per heavy atom. The van der Waals surface area contributed by atoms with Gasteiger partial charge in [-0.3, -0.25) is 10.1 Å². The Bertz CT molecular complexity index is 861. The highest BCUT2D eigenvalue weighted by atomic mass is 16.6. The maximum atomic E-state index is 12.2. The van der Waals surface area contributed by atoms with Crippen LogP contribution in [0.25, 0.3) is 11.3 Å². The van der Waals surface area contributed by atoms with E-state index in [4.69, 9.17) is 9.47 Å². The number of methoxy groups -OCH3 is 1. The van der Waals surface area contributed by atoms with Gasteiger partial charge < -0.3 is 14.8 Å². The van der Waals surface area contributed by atoms with E-state index in [1.165, 1.54) is 26.3 Å². The quantitative estimate of drug-likeness (QED) is 0.845. The van der Waals surface area contributed by atoms with Crippen molar-refractivity contribution >= 4 is 23.5 Å². The van der Waals surface area contributed by atoms with E-state index in [0.29, 0.717) is 28.6 Å². The first-order valence-electron chi connectivity index (χ1n) is 8.25. The molecule has 2 heterocycles. The van der Waals surface area contributed by atoms with Gasteiger partial charge in [0.2, 0.25) is 11.8 Å². The molecule has 0 fully saturated rings. The third kappa shape index (κ3) is 5.91. The summed E-state index contributed by atoms with van der Waals surface area (Å²) in [5, 5.41) is 5.26. The minimum Gasteiger partial charge on any atom is -0.481 e. The molecule has 2 aromatic rings. The standard InChI is InChI=1S/C18H23N5O4/c1-10-20-14(8-16(21-10)26-6)12-9-19-15(22-11(2)24)7-13(12)23-17(25)27-18(3,4)5/h7-9H,1-6H3,(H2,19,22,23,24,25). The van der Waals surface area contributed by atoms with Crippen LogP contribution >= 0.6 is 0 Å². The Morgan fingerprint density at radius 1 is 1.11 bits per heavy atom. The van der Waals surface area contributed by atoms with E-state index in [1.54, 1.807) is 33.8 Å². The Balaban J connectivity index is 2.48. The molecule has 2 amide bonds. The summed E-state index contributed by atoms with van der Waals surface area (Å²) in [6, 6.07) is 3.16. The fraction of sp³-hybridized carbons (Fsp3) is 0.389. The molecule has 2 aromatic heterocycles. The molecule has 0 spiro atoms. The minimum absolute atomic E-state index is 0.280. The molecule has 0 atom stereocenters. The lowest BCUT2D eigenvalue weighted by atomic mass is 10.1. The number of ether oxygens (including phenoxy) is 2. The largest absolute Gasteiger partial charge is 0.481 e. The molecular weight excluding hydrogens is 350 g/mol. The number of aryl methyl sites for hydroxylation is 1. The van der Waals surface area contributed by atoms with E-state index in [2.05, 4.69) is 25.6 Å². The summed E-state index contributed by atoms with van der Waals surface area (Å²) < 4.78 is 10.5. The highest BCUT2D eigenvalue weighted by molar-refractivity contribution is 5.94. The third-order valence-corrected chi connectivity index (χ3v) is 3.14. The molecule has 144 valence electrons. The maximum Gasteiger partial charge on any atom is 0.412 e. The maximum absolute atomic E-state index is 12.2. The van der Waals surface area contributed by atoms with Crippen molar-refractivity contribution in [1.29, 1.82) is 0 Å². The minimum atomic E-state index is -0.660. The predicted molar refractivity (Wildman–Crippen MR) is 101 cm³/mol. The van der Waals surface area contributed by atoms with Crippen LogP contribution in [0.5, 0.6) is 5.88 Å². The second-order valence-electron chi connectivity index (χ2n) is 6.77. The number of hydrogen-bond acceptors (Lipinski definition) is 7. The average Bonchev–Trinajstić information content (AvgIpc) is 2.52. The van der Waals surface area contributed by atoms with Gasteiger partial charge in [0, 0.05) is 30.8 Å². The Labute approximate surface area is 157 Å². The molecule has 0 aliphatic carbocycles. The van der Waals surface area contributed by atoms with Crippen LogP contribution in [0.1, 0.15) is 33.5 Å². The van der Waals surface area contributed by atoms with Crippen LogP contribution in [0.4, 0.5) is 16.3 Å². The van der Waals surface area contributed by atoms with Gasteiger partial charge in [-0.2, -0.15) is 4.98 Å². The van der Waals surface area contributed by atoms with Crippen LogP contribution in [0.2, 0.25) is 0 Å². The van der Waals surface area contributed by atoms with Gasteiger partial charge in [0.25, 0.3) is 0 Å². The van der Waals surface area contributed by atoms with Crippen molar-refractivity contribution in [3.63, 3.8) is 0 Å². The topological polar surface area (TPSA) is 115 Å². The van der Waals surface area contributed by atoms with Crippen LogP contribution < -0.4 is 15.4 Å². The number of aromatic nitrogens is 3. The first-order valence-corrected chi connectivity index (χ1v) is 8.25. The molecule has 2 rings (SSSR count). The van der Waals surface area contributed by atoms with Crippen LogP contribution in [0, 0.1) is 6.92 Å². The highest BCUT2D eigenvalue weighted by Crippen LogP contribution is 2.30. The van der Waals surface area contributed by atoms with E-state index in [1.807, 2.05) is 0 Å². The van der Waals surface area contributed by atoms with Crippen LogP contribution in [-0.2, 0) is 9.53 Å². The molecule has 0 radical (unpaired) electrons. The molecule has 0 saturated heterocycles. The SMILES string of the molecule is COc1cc(-c2cnc(NC(C)=O)cc2NC(=O)OC(C)(C)C)nc(C)n1. The fourth-order valence-corrected chi connectivity index (χ4v) is 2.21. The second kappa shape index (κ2) is 7.98. The summed E-state index contributed by atoms with van der Waals surface area (Å²) in [6.07, 6.45) is 0.862. The van der Waals surface area contributed by atoms with Gasteiger partial charge >= 0.3 is 6.09 Å². The van der Waals surface area contributed by atoms with E-state index in [9.17, 15) is 9.59 Å². The molecule has 0 aromatic carbocycles. The number of carbonyl (C=O) groups is 2. The molecule has 9 nitrogen and oxygen atoms in total. The third-order valence-electron chi connectivity index (χ3n) is 3.14. The Kier molecular flexibility index (Phi) is 5.94. The number of nitrogens with zero attached hydrogens (tertiary/aromatic N) is 3. The van der Waals surface area contributed by atoms with Crippen LogP contribution in [0.15, 0.2) is 18.3 Å². The normalized spacial score (nSPS) is 10.9. The second-order valence-corrected chi connectivity index (χ2v) is 6.77. The van der Waals surface area contributed by atoms with E-state index >= 15 is 0 Å². The van der Waals surface area contributed by atoms with Crippen molar-refractivity contribution in [2.45, 2.75) is 40.2 Å². The summed E-state index contributed by atoms with van der Waals surface area (Å²) in [5.41, 5.74) is 0.751. The molecule has 0 bridgehead atoms. The van der Waals surface area contributed by atoms with Crippen molar-refractivity contribution in [2.24, 2.45) is 0 Å². The van der Waals surface area contributed by atoms with Gasteiger partial charge in [-0.05, 0) is 27.7 Å². The van der Waals surface area contributed by atoms with Crippen molar-refractivity contribution in [1.82, 2.24) is 15.0 Å².